The monoisotopic (exact) mass is 447 g/mol. The van der Waals surface area contributed by atoms with Gasteiger partial charge in [-0.05, 0) is 56.9 Å². The Kier molecular flexibility index (Phi) is 5.51. The minimum atomic E-state index is -0.261. The summed E-state index contributed by atoms with van der Waals surface area (Å²) in [6, 6.07) is 13.4. The molecule has 0 N–H and O–H groups in total. The minimum Gasteiger partial charge on any atom is -0.333 e. The number of nitrogens with zero attached hydrogens (tertiary/aromatic N) is 3. The van der Waals surface area contributed by atoms with Crippen molar-refractivity contribution in [3.63, 3.8) is 0 Å². The molecule has 0 bridgehead atoms. The molecule has 1 unspecified atom stereocenters. The van der Waals surface area contributed by atoms with E-state index in [1.165, 1.54) is 4.90 Å². The standard InChI is InChI=1S/C25H25N3O3S/c1-16-11-12-17-18(15-16)25(31)28(24(17)30)14-6-10-22(29)27-13-5-4-8-20(27)23-26-19-7-2-3-9-21(19)32-23/h2-3,7,9,11-12,15,20H,4-6,8,10,13-14H2,1H3. The lowest BCUT2D eigenvalue weighted by molar-refractivity contribution is -0.135. The van der Waals surface area contributed by atoms with Crippen LogP contribution in [0.3, 0.4) is 0 Å². The first-order valence-electron chi connectivity index (χ1n) is 11.1. The number of carbonyl (C=O) groups excluding carboxylic acids is 3. The molecule has 1 aromatic heterocycles. The van der Waals surface area contributed by atoms with Crippen molar-refractivity contribution in [2.75, 3.05) is 13.1 Å². The lowest BCUT2D eigenvalue weighted by Gasteiger charge is -2.34. The van der Waals surface area contributed by atoms with Crippen molar-refractivity contribution in [1.82, 2.24) is 14.8 Å². The molecule has 0 aliphatic carbocycles. The van der Waals surface area contributed by atoms with Crippen LogP contribution in [0.15, 0.2) is 42.5 Å². The van der Waals surface area contributed by atoms with Crippen LogP contribution in [0.2, 0.25) is 0 Å². The van der Waals surface area contributed by atoms with Gasteiger partial charge in [0.1, 0.15) is 5.01 Å². The topological polar surface area (TPSA) is 70.6 Å². The van der Waals surface area contributed by atoms with Crippen molar-refractivity contribution < 1.29 is 14.4 Å². The van der Waals surface area contributed by atoms with Gasteiger partial charge >= 0.3 is 0 Å². The lowest BCUT2D eigenvalue weighted by Crippen LogP contribution is -2.39. The predicted octanol–water partition coefficient (Wildman–Crippen LogP) is 4.73. The number of imide groups is 1. The van der Waals surface area contributed by atoms with Crippen molar-refractivity contribution in [3.05, 3.63) is 64.2 Å². The Hall–Kier alpha value is -3.06. The Bertz CT molecular complexity index is 1190. The molecule has 164 valence electrons. The molecule has 0 spiro atoms. The van der Waals surface area contributed by atoms with Gasteiger partial charge in [-0.2, -0.15) is 0 Å². The van der Waals surface area contributed by atoms with Gasteiger partial charge in [0.15, 0.2) is 0 Å². The highest BCUT2D eigenvalue weighted by Gasteiger charge is 2.35. The van der Waals surface area contributed by atoms with Gasteiger partial charge in [-0.3, -0.25) is 19.3 Å². The van der Waals surface area contributed by atoms with E-state index in [0.29, 0.717) is 24.0 Å². The molecule has 3 heterocycles. The average molecular weight is 448 g/mol. The van der Waals surface area contributed by atoms with Gasteiger partial charge in [0, 0.05) is 19.5 Å². The number of piperidine rings is 1. The molecule has 3 amide bonds. The van der Waals surface area contributed by atoms with E-state index in [-0.39, 0.29) is 30.3 Å². The van der Waals surface area contributed by atoms with Gasteiger partial charge in [0.2, 0.25) is 5.91 Å². The summed E-state index contributed by atoms with van der Waals surface area (Å²) in [6.07, 6.45) is 3.77. The molecule has 6 nitrogen and oxygen atoms in total. The van der Waals surface area contributed by atoms with Crippen LogP contribution in [0, 0.1) is 6.92 Å². The number of likely N-dealkylation sites (tertiary alicyclic amines) is 1. The van der Waals surface area contributed by atoms with Crippen LogP contribution in [0.1, 0.15) is 69.4 Å². The second kappa shape index (κ2) is 8.47. The third kappa shape index (κ3) is 3.71. The van der Waals surface area contributed by atoms with Gasteiger partial charge in [0.25, 0.3) is 11.8 Å². The molecule has 0 saturated carbocycles. The van der Waals surface area contributed by atoms with E-state index in [4.69, 9.17) is 4.98 Å². The van der Waals surface area contributed by atoms with E-state index in [0.717, 1.165) is 46.6 Å². The lowest BCUT2D eigenvalue weighted by atomic mass is 10.0. The van der Waals surface area contributed by atoms with Crippen molar-refractivity contribution in [2.24, 2.45) is 0 Å². The van der Waals surface area contributed by atoms with Crippen LogP contribution in [-0.4, -0.2) is 45.6 Å². The smallest absolute Gasteiger partial charge is 0.261 e. The average Bonchev–Trinajstić information content (AvgIpc) is 3.34. The highest BCUT2D eigenvalue weighted by atomic mass is 32.1. The zero-order valence-electron chi connectivity index (χ0n) is 18.0. The van der Waals surface area contributed by atoms with E-state index in [2.05, 4.69) is 6.07 Å². The number of carbonyl (C=O) groups is 3. The largest absolute Gasteiger partial charge is 0.333 e. The summed E-state index contributed by atoms with van der Waals surface area (Å²) in [5.74, 6) is -0.448. The summed E-state index contributed by atoms with van der Waals surface area (Å²) in [5.41, 5.74) is 2.85. The summed E-state index contributed by atoms with van der Waals surface area (Å²) in [7, 11) is 0. The number of rotatable bonds is 5. The number of para-hydroxylation sites is 1. The van der Waals surface area contributed by atoms with E-state index < -0.39 is 0 Å². The molecule has 32 heavy (non-hydrogen) atoms. The highest BCUT2D eigenvalue weighted by molar-refractivity contribution is 7.18. The molecule has 1 atom stereocenters. The predicted molar refractivity (Wildman–Crippen MR) is 124 cm³/mol. The van der Waals surface area contributed by atoms with Crippen molar-refractivity contribution in [3.8, 4) is 0 Å². The van der Waals surface area contributed by atoms with E-state index in [1.807, 2.05) is 36.1 Å². The molecule has 2 aliphatic heterocycles. The molecule has 2 aliphatic rings. The second-order valence-corrected chi connectivity index (χ2v) is 9.60. The Morgan fingerprint density at radius 2 is 1.91 bits per heavy atom. The number of benzene rings is 2. The van der Waals surface area contributed by atoms with Crippen LogP contribution in [-0.2, 0) is 4.79 Å². The fourth-order valence-electron chi connectivity index (χ4n) is 4.66. The first-order chi connectivity index (χ1) is 15.5. The number of aryl methyl sites for hydroxylation is 1. The number of hydrogen-bond acceptors (Lipinski definition) is 5. The van der Waals surface area contributed by atoms with Crippen molar-refractivity contribution >= 4 is 39.3 Å². The SMILES string of the molecule is Cc1ccc2c(c1)C(=O)N(CCCC(=O)N1CCCCC1c1nc3ccccc3s1)C2=O. The summed E-state index contributed by atoms with van der Waals surface area (Å²) < 4.78 is 1.14. The number of fused-ring (bicyclic) bond motifs is 2. The van der Waals surface area contributed by atoms with E-state index in [1.54, 1.807) is 23.5 Å². The number of thiazole rings is 1. The molecule has 1 fully saturated rings. The third-order valence-electron chi connectivity index (χ3n) is 6.32. The van der Waals surface area contributed by atoms with Gasteiger partial charge in [-0.15, -0.1) is 11.3 Å². The molecule has 3 aromatic rings. The Morgan fingerprint density at radius 3 is 2.75 bits per heavy atom. The van der Waals surface area contributed by atoms with Crippen LogP contribution < -0.4 is 0 Å². The second-order valence-electron chi connectivity index (χ2n) is 8.53. The maximum Gasteiger partial charge on any atom is 0.261 e. The highest BCUT2D eigenvalue weighted by Crippen LogP contribution is 2.36. The zero-order valence-corrected chi connectivity index (χ0v) is 18.9. The molecule has 1 saturated heterocycles. The summed E-state index contributed by atoms with van der Waals surface area (Å²) in [6.45, 7) is 2.89. The molecular weight excluding hydrogens is 422 g/mol. The number of amides is 3. The molecular formula is C25H25N3O3S. The summed E-state index contributed by atoms with van der Waals surface area (Å²) in [5, 5.41) is 0.995. The van der Waals surface area contributed by atoms with Crippen LogP contribution in [0.5, 0.6) is 0 Å². The van der Waals surface area contributed by atoms with Crippen molar-refractivity contribution in [2.45, 2.75) is 45.1 Å². The maximum atomic E-state index is 13.1. The summed E-state index contributed by atoms with van der Waals surface area (Å²) >= 11 is 1.66. The zero-order chi connectivity index (χ0) is 22.2. The molecule has 5 rings (SSSR count). The Labute approximate surface area is 190 Å². The van der Waals surface area contributed by atoms with Crippen molar-refractivity contribution in [1.29, 1.82) is 0 Å². The molecule has 7 heteroatoms. The van der Waals surface area contributed by atoms with Gasteiger partial charge in [-0.1, -0.05) is 23.8 Å². The first-order valence-corrected chi connectivity index (χ1v) is 12.0. The third-order valence-corrected chi connectivity index (χ3v) is 7.45. The quantitative estimate of drug-likeness (QED) is 0.530. The van der Waals surface area contributed by atoms with Gasteiger partial charge < -0.3 is 4.90 Å². The Balaban J connectivity index is 1.24. The normalized spacial score (nSPS) is 18.5. The fourth-order valence-corrected chi connectivity index (χ4v) is 5.77. The van der Waals surface area contributed by atoms with Gasteiger partial charge in [0.05, 0.1) is 27.4 Å². The number of hydrogen-bond donors (Lipinski definition) is 0. The number of aromatic nitrogens is 1. The molecule has 2 aromatic carbocycles. The maximum absolute atomic E-state index is 13.1. The first kappa shape index (κ1) is 20.8. The van der Waals surface area contributed by atoms with E-state index in [9.17, 15) is 14.4 Å². The van der Waals surface area contributed by atoms with Gasteiger partial charge in [-0.25, -0.2) is 4.98 Å². The van der Waals surface area contributed by atoms with Crippen LogP contribution in [0.4, 0.5) is 0 Å². The Morgan fingerprint density at radius 1 is 1.09 bits per heavy atom. The fraction of sp³-hybridized carbons (Fsp3) is 0.360. The molecule has 0 radical (unpaired) electrons. The van der Waals surface area contributed by atoms with E-state index >= 15 is 0 Å². The summed E-state index contributed by atoms with van der Waals surface area (Å²) in [4.78, 5) is 46.4. The van der Waals surface area contributed by atoms with Crippen LogP contribution >= 0.6 is 11.3 Å². The van der Waals surface area contributed by atoms with Crippen LogP contribution in [0.25, 0.3) is 10.2 Å². The minimum absolute atomic E-state index is 0.0101.